The van der Waals surface area contributed by atoms with Crippen LogP contribution < -0.4 is 0 Å². The lowest BCUT2D eigenvalue weighted by atomic mass is 9.87. The Labute approximate surface area is 104 Å². The zero-order valence-corrected chi connectivity index (χ0v) is 9.86. The van der Waals surface area contributed by atoms with Crippen molar-refractivity contribution in [3.05, 3.63) is 30.3 Å². The first kappa shape index (κ1) is 11.3. The van der Waals surface area contributed by atoms with Crippen molar-refractivity contribution in [3.8, 4) is 11.4 Å². The molecule has 1 fully saturated rings. The number of ether oxygens (including phenoxy) is 1. The molecule has 0 aliphatic carbocycles. The van der Waals surface area contributed by atoms with Crippen molar-refractivity contribution in [1.29, 1.82) is 0 Å². The Morgan fingerprint density at radius 3 is 2.67 bits per heavy atom. The van der Waals surface area contributed by atoms with E-state index in [0.717, 1.165) is 5.56 Å². The van der Waals surface area contributed by atoms with Crippen LogP contribution in [0.4, 0.5) is 0 Å². The first-order valence-electron chi connectivity index (χ1n) is 5.83. The van der Waals surface area contributed by atoms with Crippen LogP contribution in [0.25, 0.3) is 11.4 Å². The summed E-state index contributed by atoms with van der Waals surface area (Å²) in [6.45, 7) is 1.70. The van der Waals surface area contributed by atoms with E-state index < -0.39 is 0 Å². The lowest BCUT2D eigenvalue weighted by Gasteiger charge is -2.38. The highest BCUT2D eigenvalue weighted by atomic mass is 16.5. The number of aliphatic hydroxyl groups is 1. The summed E-state index contributed by atoms with van der Waals surface area (Å²) in [5.74, 6) is 0.601. The van der Waals surface area contributed by atoms with Gasteiger partial charge in [0.15, 0.2) is 0 Å². The second-order valence-electron chi connectivity index (χ2n) is 4.66. The molecule has 6 heteroatoms. The molecule has 0 amide bonds. The van der Waals surface area contributed by atoms with E-state index in [9.17, 15) is 5.11 Å². The van der Waals surface area contributed by atoms with Gasteiger partial charge >= 0.3 is 0 Å². The Morgan fingerprint density at radius 2 is 2.06 bits per heavy atom. The normalized spacial score (nSPS) is 17.4. The number of nitrogens with zero attached hydrogens (tertiary/aromatic N) is 4. The second-order valence-corrected chi connectivity index (χ2v) is 4.66. The molecule has 0 atom stereocenters. The van der Waals surface area contributed by atoms with Crippen molar-refractivity contribution in [2.75, 3.05) is 19.8 Å². The molecule has 0 bridgehead atoms. The highest BCUT2D eigenvalue weighted by Crippen LogP contribution is 2.28. The molecule has 1 aliphatic rings. The predicted octanol–water partition coefficient (Wildman–Crippen LogP) is 0.349. The quantitative estimate of drug-likeness (QED) is 0.842. The van der Waals surface area contributed by atoms with Crippen molar-refractivity contribution < 1.29 is 9.84 Å². The van der Waals surface area contributed by atoms with E-state index in [1.165, 1.54) is 4.80 Å². The molecule has 6 nitrogen and oxygen atoms in total. The van der Waals surface area contributed by atoms with Gasteiger partial charge in [-0.15, -0.1) is 10.2 Å². The van der Waals surface area contributed by atoms with Gasteiger partial charge in [0.1, 0.15) is 0 Å². The molecule has 0 saturated carbocycles. The number of tetrazole rings is 1. The number of benzene rings is 1. The summed E-state index contributed by atoms with van der Waals surface area (Å²) in [7, 11) is 0. The molecule has 1 aromatic heterocycles. The maximum atomic E-state index is 9.35. The van der Waals surface area contributed by atoms with Crippen molar-refractivity contribution in [2.24, 2.45) is 5.41 Å². The molecule has 2 aromatic rings. The van der Waals surface area contributed by atoms with Gasteiger partial charge < -0.3 is 9.84 Å². The minimum atomic E-state index is -0.241. The third kappa shape index (κ3) is 2.00. The maximum Gasteiger partial charge on any atom is 0.204 e. The minimum Gasteiger partial charge on any atom is -0.396 e. The van der Waals surface area contributed by atoms with Crippen molar-refractivity contribution in [2.45, 2.75) is 6.54 Å². The van der Waals surface area contributed by atoms with Gasteiger partial charge in [0, 0.05) is 5.56 Å². The van der Waals surface area contributed by atoms with Crippen LogP contribution in [0.3, 0.4) is 0 Å². The van der Waals surface area contributed by atoms with Crippen LogP contribution in [0.15, 0.2) is 30.3 Å². The fourth-order valence-corrected chi connectivity index (χ4v) is 1.94. The smallest absolute Gasteiger partial charge is 0.204 e. The Morgan fingerprint density at radius 1 is 1.28 bits per heavy atom. The fourth-order valence-electron chi connectivity index (χ4n) is 1.94. The summed E-state index contributed by atoms with van der Waals surface area (Å²) in [6, 6.07) is 9.70. The van der Waals surface area contributed by atoms with Crippen molar-refractivity contribution >= 4 is 0 Å². The lowest BCUT2D eigenvalue weighted by molar-refractivity contribution is -0.147. The minimum absolute atomic E-state index is 0.0786. The van der Waals surface area contributed by atoms with E-state index in [1.807, 2.05) is 30.3 Å². The summed E-state index contributed by atoms with van der Waals surface area (Å²) in [5, 5.41) is 21.7. The van der Waals surface area contributed by atoms with Gasteiger partial charge in [0.25, 0.3) is 0 Å². The average Bonchev–Trinajstić information content (AvgIpc) is 2.83. The van der Waals surface area contributed by atoms with E-state index in [0.29, 0.717) is 25.6 Å². The van der Waals surface area contributed by atoms with E-state index in [2.05, 4.69) is 15.4 Å². The lowest BCUT2D eigenvalue weighted by Crippen LogP contribution is -2.49. The SMILES string of the molecule is OCC1(Cn2nnc(-c3ccccc3)n2)COC1. The van der Waals surface area contributed by atoms with Crippen LogP contribution in [-0.2, 0) is 11.3 Å². The van der Waals surface area contributed by atoms with Gasteiger partial charge in [0.05, 0.1) is 31.8 Å². The van der Waals surface area contributed by atoms with Crippen molar-refractivity contribution in [3.63, 3.8) is 0 Å². The number of rotatable bonds is 4. The third-order valence-electron chi connectivity index (χ3n) is 3.11. The van der Waals surface area contributed by atoms with E-state index in [-0.39, 0.29) is 12.0 Å². The molecule has 0 spiro atoms. The van der Waals surface area contributed by atoms with E-state index >= 15 is 0 Å². The Hall–Kier alpha value is -1.79. The average molecular weight is 246 g/mol. The maximum absolute atomic E-state index is 9.35. The van der Waals surface area contributed by atoms with E-state index in [4.69, 9.17) is 4.74 Å². The summed E-state index contributed by atoms with van der Waals surface area (Å²) >= 11 is 0. The first-order chi connectivity index (χ1) is 8.81. The molecular formula is C12H14N4O2. The van der Waals surface area contributed by atoms with Crippen LogP contribution in [0.2, 0.25) is 0 Å². The molecule has 1 saturated heterocycles. The van der Waals surface area contributed by atoms with Crippen LogP contribution in [0.5, 0.6) is 0 Å². The summed E-state index contributed by atoms with van der Waals surface area (Å²) in [6.07, 6.45) is 0. The highest BCUT2D eigenvalue weighted by Gasteiger charge is 2.39. The first-order valence-corrected chi connectivity index (χ1v) is 5.83. The molecule has 1 aliphatic heterocycles. The Bertz CT molecular complexity index is 516. The molecule has 0 unspecified atom stereocenters. The van der Waals surface area contributed by atoms with Crippen molar-refractivity contribution in [1.82, 2.24) is 20.2 Å². The monoisotopic (exact) mass is 246 g/mol. The largest absolute Gasteiger partial charge is 0.396 e. The molecule has 1 N–H and O–H groups in total. The third-order valence-corrected chi connectivity index (χ3v) is 3.11. The summed E-state index contributed by atoms with van der Waals surface area (Å²) < 4.78 is 5.14. The van der Waals surface area contributed by atoms with Gasteiger partial charge in [-0.25, -0.2) is 0 Å². The highest BCUT2D eigenvalue weighted by molar-refractivity contribution is 5.52. The molecule has 3 rings (SSSR count). The molecular weight excluding hydrogens is 232 g/mol. The molecule has 1 aromatic carbocycles. The number of aliphatic hydroxyl groups excluding tert-OH is 1. The number of hydrogen-bond acceptors (Lipinski definition) is 5. The van der Waals surface area contributed by atoms with Gasteiger partial charge in [-0.05, 0) is 5.21 Å². The van der Waals surface area contributed by atoms with Crippen LogP contribution >= 0.6 is 0 Å². The second kappa shape index (κ2) is 4.47. The molecule has 18 heavy (non-hydrogen) atoms. The molecule has 94 valence electrons. The van der Waals surface area contributed by atoms with Gasteiger partial charge in [-0.1, -0.05) is 30.3 Å². The van der Waals surface area contributed by atoms with Gasteiger partial charge in [0.2, 0.25) is 5.82 Å². The van der Waals surface area contributed by atoms with E-state index in [1.54, 1.807) is 0 Å². The zero-order valence-electron chi connectivity index (χ0n) is 9.86. The number of aromatic nitrogens is 4. The topological polar surface area (TPSA) is 73.1 Å². The van der Waals surface area contributed by atoms with Crippen LogP contribution in [0.1, 0.15) is 0 Å². The summed E-state index contributed by atoms with van der Waals surface area (Å²) in [5.41, 5.74) is 0.695. The Balaban J connectivity index is 1.78. The van der Waals surface area contributed by atoms with Crippen LogP contribution in [-0.4, -0.2) is 45.1 Å². The van der Waals surface area contributed by atoms with Crippen LogP contribution in [0, 0.1) is 5.41 Å². The fraction of sp³-hybridized carbons (Fsp3) is 0.417. The zero-order chi connectivity index (χ0) is 12.4. The van der Waals surface area contributed by atoms with Gasteiger partial charge in [-0.2, -0.15) is 4.80 Å². The van der Waals surface area contributed by atoms with Gasteiger partial charge in [-0.3, -0.25) is 0 Å². The predicted molar refractivity (Wildman–Crippen MR) is 63.6 cm³/mol. The Kier molecular flexibility index (Phi) is 2.81. The standard InChI is InChI=1S/C12H14N4O2/c17-7-12(8-18-9-12)6-16-14-11(13-15-16)10-4-2-1-3-5-10/h1-5,17H,6-9H2. The number of hydrogen-bond donors (Lipinski definition) is 1. The summed E-state index contributed by atoms with van der Waals surface area (Å²) in [4.78, 5) is 1.53. The molecule has 0 radical (unpaired) electrons. The molecule has 2 heterocycles.